The third kappa shape index (κ3) is 2.72. The fraction of sp³-hybridized carbons (Fsp3) is 0.300. The van der Waals surface area contributed by atoms with Gasteiger partial charge in [0.05, 0.1) is 16.1 Å². The number of primary sulfonamides is 1. The number of amides is 1. The van der Waals surface area contributed by atoms with Gasteiger partial charge in [-0.05, 0) is 47.0 Å². The zero-order valence-electron chi connectivity index (χ0n) is 9.31. The second-order valence-corrected chi connectivity index (χ2v) is 6.71. The molecule has 1 aromatic carbocycles. The van der Waals surface area contributed by atoms with Crippen molar-refractivity contribution in [1.82, 2.24) is 0 Å². The van der Waals surface area contributed by atoms with Crippen molar-refractivity contribution in [3.63, 3.8) is 0 Å². The highest BCUT2D eigenvalue weighted by molar-refractivity contribution is 9.10. The molecule has 98 valence electrons. The summed E-state index contributed by atoms with van der Waals surface area (Å²) in [5.41, 5.74) is 5.43. The average Bonchev–Trinajstić information content (AvgIpc) is 2.99. The molecular weight excluding hydrogens is 322 g/mol. The summed E-state index contributed by atoms with van der Waals surface area (Å²) in [7, 11) is -3.75. The van der Waals surface area contributed by atoms with Crippen LogP contribution in [0.15, 0.2) is 27.6 Å². The Hall–Kier alpha value is -0.960. The molecule has 0 radical (unpaired) electrons. The first-order valence-corrected chi connectivity index (χ1v) is 7.49. The largest absolute Gasteiger partial charge is 0.323 e. The van der Waals surface area contributed by atoms with Gasteiger partial charge in [0.2, 0.25) is 15.9 Å². The summed E-state index contributed by atoms with van der Waals surface area (Å²) in [6.45, 7) is 0. The minimum absolute atomic E-state index is 0.0266. The molecule has 8 heteroatoms. The maximum atomic E-state index is 11.7. The van der Waals surface area contributed by atoms with E-state index in [4.69, 9.17) is 10.9 Å². The van der Waals surface area contributed by atoms with Gasteiger partial charge in [-0.3, -0.25) is 4.79 Å². The van der Waals surface area contributed by atoms with Crippen molar-refractivity contribution in [2.75, 3.05) is 5.32 Å². The molecule has 0 unspecified atom stereocenters. The predicted octanol–water partition coefficient (Wildman–Crippen LogP) is 0.526. The Bertz CT molecular complexity index is 611. The van der Waals surface area contributed by atoms with Gasteiger partial charge in [-0.1, -0.05) is 0 Å². The Labute approximate surface area is 113 Å². The highest BCUT2D eigenvalue weighted by atomic mass is 79.9. The molecule has 1 aliphatic carbocycles. The van der Waals surface area contributed by atoms with Crippen molar-refractivity contribution in [3.05, 3.63) is 22.7 Å². The summed E-state index contributed by atoms with van der Waals surface area (Å²) >= 11 is 3.18. The van der Waals surface area contributed by atoms with Gasteiger partial charge in [0.15, 0.2) is 0 Å². The van der Waals surface area contributed by atoms with Gasteiger partial charge in [0, 0.05) is 4.47 Å². The topological polar surface area (TPSA) is 115 Å². The number of carbonyl (C=O) groups excluding carboxylic acids is 1. The first-order chi connectivity index (χ1) is 8.22. The number of carbonyl (C=O) groups is 1. The Morgan fingerprint density at radius 2 is 2.00 bits per heavy atom. The Morgan fingerprint density at radius 1 is 1.39 bits per heavy atom. The van der Waals surface area contributed by atoms with Crippen LogP contribution in [-0.2, 0) is 14.8 Å². The quantitative estimate of drug-likeness (QED) is 0.747. The van der Waals surface area contributed by atoms with E-state index in [1.807, 2.05) is 0 Å². The molecule has 0 heterocycles. The van der Waals surface area contributed by atoms with Crippen LogP contribution in [0.25, 0.3) is 0 Å². The van der Waals surface area contributed by atoms with Gasteiger partial charge in [0.25, 0.3) is 0 Å². The number of nitrogens with two attached hydrogens (primary N) is 2. The highest BCUT2D eigenvalue weighted by Gasteiger charge is 2.46. The lowest BCUT2D eigenvalue weighted by atomic mass is 10.2. The molecule has 1 amide bonds. The van der Waals surface area contributed by atoms with Crippen LogP contribution >= 0.6 is 15.9 Å². The van der Waals surface area contributed by atoms with Gasteiger partial charge in [-0.25, -0.2) is 13.6 Å². The number of sulfonamides is 1. The molecule has 1 aromatic rings. The van der Waals surface area contributed by atoms with Crippen LogP contribution in [0.5, 0.6) is 0 Å². The van der Waals surface area contributed by atoms with Gasteiger partial charge >= 0.3 is 0 Å². The molecule has 0 spiro atoms. The molecule has 0 atom stereocenters. The molecule has 0 aliphatic heterocycles. The summed E-state index contributed by atoms with van der Waals surface area (Å²) in [5.74, 6) is -0.272. The molecule has 1 fully saturated rings. The average molecular weight is 334 g/mol. The zero-order valence-corrected chi connectivity index (χ0v) is 11.7. The van der Waals surface area contributed by atoms with Crippen LogP contribution in [0.3, 0.4) is 0 Å². The highest BCUT2D eigenvalue weighted by Crippen LogP contribution is 2.34. The zero-order chi connectivity index (χ0) is 13.6. The van der Waals surface area contributed by atoms with Crippen LogP contribution in [0.4, 0.5) is 5.69 Å². The van der Waals surface area contributed by atoms with E-state index < -0.39 is 15.6 Å². The van der Waals surface area contributed by atoms with Crippen molar-refractivity contribution in [3.8, 4) is 0 Å². The Morgan fingerprint density at radius 3 is 2.44 bits per heavy atom. The normalized spacial score (nSPS) is 17.3. The second-order valence-electron chi connectivity index (χ2n) is 4.30. The van der Waals surface area contributed by atoms with Gasteiger partial charge in [0.1, 0.15) is 0 Å². The van der Waals surface area contributed by atoms with Crippen molar-refractivity contribution in [2.24, 2.45) is 10.9 Å². The monoisotopic (exact) mass is 333 g/mol. The van der Waals surface area contributed by atoms with E-state index in [1.54, 1.807) is 0 Å². The summed E-state index contributed by atoms with van der Waals surface area (Å²) in [6, 6.07) is 4.13. The van der Waals surface area contributed by atoms with Crippen molar-refractivity contribution in [1.29, 1.82) is 0 Å². The summed E-state index contributed by atoms with van der Waals surface area (Å²) < 4.78 is 22.7. The van der Waals surface area contributed by atoms with E-state index in [-0.39, 0.29) is 10.8 Å². The fourth-order valence-corrected chi connectivity index (χ4v) is 2.55. The third-order valence-electron chi connectivity index (χ3n) is 2.76. The first-order valence-electron chi connectivity index (χ1n) is 5.15. The smallest absolute Gasteiger partial charge is 0.244 e. The number of anilines is 1. The lowest BCUT2D eigenvalue weighted by Crippen LogP contribution is -2.37. The molecule has 6 nitrogen and oxygen atoms in total. The lowest BCUT2D eigenvalue weighted by molar-refractivity contribution is -0.118. The van der Waals surface area contributed by atoms with Crippen LogP contribution in [0.1, 0.15) is 12.8 Å². The van der Waals surface area contributed by atoms with Crippen LogP contribution in [0, 0.1) is 0 Å². The molecule has 0 aromatic heterocycles. The molecule has 1 saturated carbocycles. The lowest BCUT2D eigenvalue weighted by Gasteiger charge is -2.12. The summed E-state index contributed by atoms with van der Waals surface area (Å²) in [5, 5.41) is 7.65. The standard InChI is InChI=1S/C10H12BrN3O3S/c11-7-5-6(18(13,16)17)1-2-8(7)14-9(15)10(12)3-4-10/h1-2,5H,3-4,12H2,(H,14,15)(H2,13,16,17). The number of benzene rings is 1. The minimum atomic E-state index is -3.75. The molecule has 18 heavy (non-hydrogen) atoms. The number of hydrogen-bond acceptors (Lipinski definition) is 4. The molecule has 0 bridgehead atoms. The van der Waals surface area contributed by atoms with Gasteiger partial charge in [-0.2, -0.15) is 0 Å². The predicted molar refractivity (Wildman–Crippen MR) is 70.3 cm³/mol. The Balaban J connectivity index is 2.23. The van der Waals surface area contributed by atoms with Gasteiger partial charge in [-0.15, -0.1) is 0 Å². The van der Waals surface area contributed by atoms with Crippen LogP contribution in [-0.4, -0.2) is 19.9 Å². The number of nitrogens with one attached hydrogen (secondary N) is 1. The van der Waals surface area contributed by atoms with Gasteiger partial charge < -0.3 is 11.1 Å². The Kier molecular flexibility index (Phi) is 3.22. The maximum Gasteiger partial charge on any atom is 0.244 e. The molecule has 2 rings (SSSR count). The van der Waals surface area contributed by atoms with Crippen LogP contribution < -0.4 is 16.2 Å². The number of hydrogen-bond donors (Lipinski definition) is 3. The van der Waals surface area contributed by atoms with E-state index in [1.165, 1.54) is 18.2 Å². The van der Waals surface area contributed by atoms with Crippen molar-refractivity contribution >= 4 is 37.5 Å². The van der Waals surface area contributed by atoms with Crippen LogP contribution in [0.2, 0.25) is 0 Å². The van der Waals surface area contributed by atoms with E-state index in [2.05, 4.69) is 21.2 Å². The third-order valence-corrected chi connectivity index (χ3v) is 4.33. The molecule has 1 aliphatic rings. The SMILES string of the molecule is NC1(C(=O)Nc2ccc(S(N)(=O)=O)cc2Br)CC1. The maximum absolute atomic E-state index is 11.7. The fourth-order valence-electron chi connectivity index (χ4n) is 1.38. The molecule has 5 N–H and O–H groups in total. The minimum Gasteiger partial charge on any atom is -0.323 e. The first kappa shape index (κ1) is 13.5. The van der Waals surface area contributed by atoms with E-state index in [0.717, 1.165) is 0 Å². The molecule has 0 saturated heterocycles. The van der Waals surface area contributed by atoms with Crippen molar-refractivity contribution < 1.29 is 13.2 Å². The number of halogens is 1. The van der Waals surface area contributed by atoms with E-state index in [9.17, 15) is 13.2 Å². The van der Waals surface area contributed by atoms with E-state index >= 15 is 0 Å². The summed E-state index contributed by atoms with van der Waals surface area (Å²) in [4.78, 5) is 11.7. The van der Waals surface area contributed by atoms with E-state index in [0.29, 0.717) is 23.0 Å². The van der Waals surface area contributed by atoms with Crippen molar-refractivity contribution in [2.45, 2.75) is 23.3 Å². The number of rotatable bonds is 3. The molecular formula is C10H12BrN3O3S. The summed E-state index contributed by atoms with van der Waals surface area (Å²) in [6.07, 6.45) is 1.32. The second kappa shape index (κ2) is 4.30.